The van der Waals surface area contributed by atoms with E-state index in [0.29, 0.717) is 5.92 Å². The lowest BCUT2D eigenvalue weighted by molar-refractivity contribution is 0.930. The molecule has 0 saturated heterocycles. The van der Waals surface area contributed by atoms with E-state index in [0.717, 1.165) is 0 Å². The summed E-state index contributed by atoms with van der Waals surface area (Å²) in [5, 5.41) is 1.27. The second-order valence-corrected chi connectivity index (χ2v) is 3.34. The van der Waals surface area contributed by atoms with Crippen molar-refractivity contribution in [1.29, 1.82) is 0 Å². The number of para-hydroxylation sites is 1. The minimum absolute atomic E-state index is 0.396. The van der Waals surface area contributed by atoms with Crippen LogP contribution in [-0.4, -0.2) is 4.98 Å². The van der Waals surface area contributed by atoms with Gasteiger partial charge in [0.2, 0.25) is 0 Å². The Kier molecular flexibility index (Phi) is 1.93. The maximum Gasteiger partial charge on any atom is 0.0456 e. The molecule has 13 heavy (non-hydrogen) atoms. The molecule has 0 amide bonds. The lowest BCUT2D eigenvalue weighted by Gasteiger charge is -1.99. The minimum Gasteiger partial charge on any atom is -0.358 e. The second-order valence-electron chi connectivity index (χ2n) is 3.34. The van der Waals surface area contributed by atoms with Gasteiger partial charge < -0.3 is 4.98 Å². The van der Waals surface area contributed by atoms with E-state index in [9.17, 15) is 0 Å². The van der Waals surface area contributed by atoms with Crippen LogP contribution in [0.4, 0.5) is 0 Å². The van der Waals surface area contributed by atoms with Gasteiger partial charge in [0.25, 0.3) is 0 Å². The number of aromatic nitrogens is 1. The van der Waals surface area contributed by atoms with Gasteiger partial charge in [0.1, 0.15) is 0 Å². The Labute approximate surface area is 78.1 Å². The zero-order chi connectivity index (χ0) is 9.26. The largest absolute Gasteiger partial charge is 0.358 e. The Bertz CT molecular complexity index is 392. The summed E-state index contributed by atoms with van der Waals surface area (Å²) in [6.45, 7) is 5.92. The summed E-state index contributed by atoms with van der Waals surface area (Å²) >= 11 is 0. The van der Waals surface area contributed by atoms with E-state index >= 15 is 0 Å². The maximum absolute atomic E-state index is 3.79. The first kappa shape index (κ1) is 8.11. The standard InChI is InChI=1S/C12H13N/c1-3-9(2)12-8-10-6-4-5-7-11(10)13-12/h3-9,13H,1H2,2H3. The normalized spacial score (nSPS) is 13.0. The molecule has 0 radical (unpaired) electrons. The van der Waals surface area contributed by atoms with Gasteiger partial charge in [-0.3, -0.25) is 0 Å². The highest BCUT2D eigenvalue weighted by atomic mass is 14.7. The number of hydrogen-bond donors (Lipinski definition) is 1. The van der Waals surface area contributed by atoms with Gasteiger partial charge in [0.15, 0.2) is 0 Å². The highest BCUT2D eigenvalue weighted by Gasteiger charge is 2.03. The lowest BCUT2D eigenvalue weighted by Crippen LogP contribution is -1.86. The van der Waals surface area contributed by atoms with Crippen LogP contribution in [-0.2, 0) is 0 Å². The molecule has 1 N–H and O–H groups in total. The van der Waals surface area contributed by atoms with E-state index in [1.807, 2.05) is 12.1 Å². The van der Waals surface area contributed by atoms with Gasteiger partial charge in [-0.2, -0.15) is 0 Å². The SMILES string of the molecule is C=CC(C)c1cc2ccccc2[nH]1. The van der Waals surface area contributed by atoms with Crippen molar-refractivity contribution in [3.63, 3.8) is 0 Å². The zero-order valence-corrected chi connectivity index (χ0v) is 7.75. The van der Waals surface area contributed by atoms with Crippen molar-refractivity contribution in [1.82, 2.24) is 4.98 Å². The molecule has 0 fully saturated rings. The fourth-order valence-corrected chi connectivity index (χ4v) is 1.47. The third-order valence-electron chi connectivity index (χ3n) is 2.39. The van der Waals surface area contributed by atoms with Crippen molar-refractivity contribution in [2.75, 3.05) is 0 Å². The first-order valence-electron chi connectivity index (χ1n) is 4.51. The third-order valence-corrected chi connectivity index (χ3v) is 2.39. The van der Waals surface area contributed by atoms with Crippen LogP contribution in [0.5, 0.6) is 0 Å². The van der Waals surface area contributed by atoms with Crippen molar-refractivity contribution >= 4 is 10.9 Å². The van der Waals surface area contributed by atoms with E-state index in [2.05, 4.69) is 42.8 Å². The summed E-state index contributed by atoms with van der Waals surface area (Å²) in [5.41, 5.74) is 2.43. The summed E-state index contributed by atoms with van der Waals surface area (Å²) in [4.78, 5) is 3.38. The van der Waals surface area contributed by atoms with Crippen LogP contribution in [0.1, 0.15) is 18.5 Å². The molecule has 1 aromatic heterocycles. The summed E-state index contributed by atoms with van der Waals surface area (Å²) in [5.74, 6) is 0.396. The van der Waals surface area contributed by atoms with E-state index in [-0.39, 0.29) is 0 Å². The first-order chi connectivity index (χ1) is 6.31. The average molecular weight is 171 g/mol. The molecule has 0 aliphatic heterocycles. The zero-order valence-electron chi connectivity index (χ0n) is 7.75. The van der Waals surface area contributed by atoms with Gasteiger partial charge in [0.05, 0.1) is 0 Å². The third kappa shape index (κ3) is 1.37. The number of benzene rings is 1. The minimum atomic E-state index is 0.396. The molecule has 0 spiro atoms. The predicted octanol–water partition coefficient (Wildman–Crippen LogP) is 3.46. The van der Waals surface area contributed by atoms with Gasteiger partial charge in [-0.15, -0.1) is 6.58 Å². The average Bonchev–Trinajstić information content (AvgIpc) is 2.59. The number of H-pyrrole nitrogens is 1. The van der Waals surface area contributed by atoms with E-state index < -0.39 is 0 Å². The first-order valence-corrected chi connectivity index (χ1v) is 4.51. The Balaban J connectivity index is 2.55. The van der Waals surface area contributed by atoms with Crippen LogP contribution in [0.25, 0.3) is 10.9 Å². The van der Waals surface area contributed by atoms with Crippen molar-refractivity contribution < 1.29 is 0 Å². The van der Waals surface area contributed by atoms with Crippen molar-refractivity contribution in [3.05, 3.63) is 48.7 Å². The van der Waals surface area contributed by atoms with Gasteiger partial charge in [-0.05, 0) is 17.5 Å². The Morgan fingerprint density at radius 2 is 2.15 bits per heavy atom. The molecule has 2 aromatic rings. The maximum atomic E-state index is 3.79. The Morgan fingerprint density at radius 3 is 2.85 bits per heavy atom. The number of allylic oxidation sites excluding steroid dienone is 1. The van der Waals surface area contributed by atoms with Gasteiger partial charge in [-0.25, -0.2) is 0 Å². The molecular weight excluding hydrogens is 158 g/mol. The molecule has 2 rings (SSSR count). The molecule has 1 nitrogen and oxygen atoms in total. The van der Waals surface area contributed by atoms with Crippen LogP contribution in [0.15, 0.2) is 43.0 Å². The van der Waals surface area contributed by atoms with E-state index in [1.54, 1.807) is 0 Å². The monoisotopic (exact) mass is 171 g/mol. The highest BCUT2D eigenvalue weighted by molar-refractivity contribution is 5.80. The number of aromatic amines is 1. The van der Waals surface area contributed by atoms with Crippen molar-refractivity contribution in [3.8, 4) is 0 Å². The van der Waals surface area contributed by atoms with Gasteiger partial charge in [-0.1, -0.05) is 31.2 Å². The summed E-state index contributed by atoms with van der Waals surface area (Å²) < 4.78 is 0. The molecule has 1 aromatic carbocycles. The Hall–Kier alpha value is -1.50. The number of fused-ring (bicyclic) bond motifs is 1. The number of rotatable bonds is 2. The molecule has 1 heteroatoms. The number of nitrogens with one attached hydrogen (secondary N) is 1. The molecule has 1 heterocycles. The van der Waals surface area contributed by atoms with E-state index in [4.69, 9.17) is 0 Å². The quantitative estimate of drug-likeness (QED) is 0.666. The topological polar surface area (TPSA) is 15.8 Å². The fourth-order valence-electron chi connectivity index (χ4n) is 1.47. The molecule has 0 aliphatic carbocycles. The van der Waals surface area contributed by atoms with E-state index in [1.165, 1.54) is 16.6 Å². The fraction of sp³-hybridized carbons (Fsp3) is 0.167. The molecule has 66 valence electrons. The van der Waals surface area contributed by atoms with Crippen LogP contribution >= 0.6 is 0 Å². The van der Waals surface area contributed by atoms with Crippen molar-refractivity contribution in [2.24, 2.45) is 0 Å². The van der Waals surface area contributed by atoms with Gasteiger partial charge >= 0.3 is 0 Å². The predicted molar refractivity (Wildman–Crippen MR) is 56.9 cm³/mol. The van der Waals surface area contributed by atoms with Crippen molar-refractivity contribution in [2.45, 2.75) is 12.8 Å². The molecule has 0 saturated carbocycles. The molecule has 1 atom stereocenters. The molecular formula is C12H13N. The Morgan fingerprint density at radius 1 is 1.38 bits per heavy atom. The summed E-state index contributed by atoms with van der Waals surface area (Å²) in [7, 11) is 0. The molecule has 0 bridgehead atoms. The summed E-state index contributed by atoms with van der Waals surface area (Å²) in [6, 6.07) is 10.5. The number of hydrogen-bond acceptors (Lipinski definition) is 0. The molecule has 0 aliphatic rings. The summed E-state index contributed by atoms with van der Waals surface area (Å²) in [6.07, 6.45) is 1.95. The van der Waals surface area contributed by atoms with Crippen LogP contribution in [0.3, 0.4) is 0 Å². The lowest BCUT2D eigenvalue weighted by atomic mass is 10.1. The smallest absolute Gasteiger partial charge is 0.0456 e. The van der Waals surface area contributed by atoms with Crippen LogP contribution < -0.4 is 0 Å². The van der Waals surface area contributed by atoms with Crippen LogP contribution in [0, 0.1) is 0 Å². The van der Waals surface area contributed by atoms with Gasteiger partial charge in [0, 0.05) is 17.1 Å². The molecule has 1 unspecified atom stereocenters. The highest BCUT2D eigenvalue weighted by Crippen LogP contribution is 2.21. The second kappa shape index (κ2) is 3.09. The van der Waals surface area contributed by atoms with Crippen LogP contribution in [0.2, 0.25) is 0 Å².